The van der Waals surface area contributed by atoms with E-state index in [1.807, 2.05) is 0 Å². The maximum atomic E-state index is 14.0. The number of fused-ring (bicyclic) bond motifs is 1. The van der Waals surface area contributed by atoms with Crippen molar-refractivity contribution in [2.75, 3.05) is 18.7 Å². The van der Waals surface area contributed by atoms with Crippen LogP contribution >= 0.6 is 0 Å². The largest absolute Gasteiger partial charge is 0.454 e. The number of halogens is 1. The molecule has 8 heteroatoms. The smallest absolute Gasteiger partial charge is 0.331 e. The van der Waals surface area contributed by atoms with E-state index in [-0.39, 0.29) is 24.0 Å². The van der Waals surface area contributed by atoms with Gasteiger partial charge in [-0.25, -0.2) is 9.18 Å². The fourth-order valence-electron chi connectivity index (χ4n) is 2.47. The summed E-state index contributed by atoms with van der Waals surface area (Å²) in [6.07, 6.45) is 2.65. The second kappa shape index (κ2) is 8.34. The van der Waals surface area contributed by atoms with Crippen molar-refractivity contribution in [3.8, 4) is 11.5 Å². The number of hydrogen-bond acceptors (Lipinski definition) is 6. The highest BCUT2D eigenvalue weighted by Crippen LogP contribution is 2.32. The average Bonchev–Trinajstić information content (AvgIpc) is 3.12. The molecule has 1 heterocycles. The predicted molar refractivity (Wildman–Crippen MR) is 97.6 cm³/mol. The van der Waals surface area contributed by atoms with Crippen LogP contribution in [0.25, 0.3) is 6.08 Å². The van der Waals surface area contributed by atoms with E-state index in [0.717, 1.165) is 12.1 Å². The van der Waals surface area contributed by atoms with Crippen molar-refractivity contribution in [3.63, 3.8) is 0 Å². The van der Waals surface area contributed by atoms with Gasteiger partial charge in [-0.1, -0.05) is 6.07 Å². The van der Waals surface area contributed by atoms with E-state index in [4.69, 9.17) is 14.2 Å². The fourth-order valence-corrected chi connectivity index (χ4v) is 2.47. The van der Waals surface area contributed by atoms with Crippen molar-refractivity contribution in [3.05, 3.63) is 59.4 Å². The van der Waals surface area contributed by atoms with E-state index in [1.54, 1.807) is 18.2 Å². The topological polar surface area (TPSA) is 90.9 Å². The summed E-state index contributed by atoms with van der Waals surface area (Å²) < 4.78 is 29.3. The zero-order chi connectivity index (χ0) is 20.1. The lowest BCUT2D eigenvalue weighted by Crippen LogP contribution is -2.14. The van der Waals surface area contributed by atoms with Gasteiger partial charge in [-0.3, -0.25) is 9.59 Å². The molecule has 0 fully saturated rings. The molecule has 1 N–H and O–H groups in total. The predicted octanol–water partition coefficient (Wildman–Crippen LogP) is 2.95. The second-order valence-corrected chi connectivity index (χ2v) is 5.85. The van der Waals surface area contributed by atoms with Crippen LogP contribution in [0.4, 0.5) is 10.1 Å². The SMILES string of the molecule is CC(=O)Nc1ccc(C(=O)COC(=O)C=Cc2ccc3c(c2)OCO3)c(F)c1. The number of anilines is 1. The lowest BCUT2D eigenvalue weighted by molar-refractivity contribution is -0.136. The molecule has 2 aromatic carbocycles. The molecule has 0 aromatic heterocycles. The standard InChI is InChI=1S/C20H16FNO6/c1-12(23)22-14-4-5-15(16(21)9-14)17(24)10-26-20(25)7-3-13-2-6-18-19(8-13)28-11-27-18/h2-9H,10-11H2,1H3,(H,22,23). The molecular formula is C20H16FNO6. The van der Waals surface area contributed by atoms with Gasteiger partial charge in [-0.2, -0.15) is 0 Å². The Hall–Kier alpha value is -3.68. The van der Waals surface area contributed by atoms with Gasteiger partial charge in [0.1, 0.15) is 5.82 Å². The number of carbonyl (C=O) groups excluding carboxylic acids is 3. The molecule has 1 aliphatic heterocycles. The third-order valence-corrected chi connectivity index (χ3v) is 3.74. The number of Topliss-reactive ketones (excluding diaryl/α,β-unsaturated/α-hetero) is 1. The average molecular weight is 385 g/mol. The highest BCUT2D eigenvalue weighted by molar-refractivity contribution is 5.99. The molecule has 0 spiro atoms. The van der Waals surface area contributed by atoms with Crippen molar-refractivity contribution in [2.24, 2.45) is 0 Å². The summed E-state index contributed by atoms with van der Waals surface area (Å²) in [5.74, 6) is -1.43. The number of amides is 1. The highest BCUT2D eigenvalue weighted by Gasteiger charge is 2.15. The fraction of sp³-hybridized carbons (Fsp3) is 0.150. The van der Waals surface area contributed by atoms with E-state index in [9.17, 15) is 18.8 Å². The number of rotatable bonds is 6. The second-order valence-electron chi connectivity index (χ2n) is 5.85. The number of hydrogen-bond donors (Lipinski definition) is 1. The Bertz CT molecular complexity index is 969. The number of carbonyl (C=O) groups is 3. The number of ether oxygens (including phenoxy) is 3. The van der Waals surface area contributed by atoms with Crippen LogP contribution in [0, 0.1) is 5.82 Å². The molecule has 0 unspecified atom stereocenters. The van der Waals surface area contributed by atoms with Gasteiger partial charge in [0.2, 0.25) is 18.5 Å². The Kier molecular flexibility index (Phi) is 5.69. The Morgan fingerprint density at radius 3 is 2.68 bits per heavy atom. The van der Waals surface area contributed by atoms with Crippen molar-refractivity contribution >= 4 is 29.4 Å². The molecule has 0 aliphatic carbocycles. The molecule has 0 radical (unpaired) electrons. The maximum Gasteiger partial charge on any atom is 0.331 e. The van der Waals surface area contributed by atoms with Gasteiger partial charge in [-0.05, 0) is 42.0 Å². The first kappa shape index (κ1) is 19.1. The third-order valence-electron chi connectivity index (χ3n) is 3.74. The Labute approximate surface area is 159 Å². The van der Waals surface area contributed by atoms with Crippen LogP contribution in [0.3, 0.4) is 0 Å². The molecule has 144 valence electrons. The molecule has 0 atom stereocenters. The van der Waals surface area contributed by atoms with Gasteiger partial charge in [0.25, 0.3) is 0 Å². The summed E-state index contributed by atoms with van der Waals surface area (Å²) in [6, 6.07) is 8.77. The number of ketones is 1. The van der Waals surface area contributed by atoms with Gasteiger partial charge in [0.15, 0.2) is 18.1 Å². The third kappa shape index (κ3) is 4.73. The van der Waals surface area contributed by atoms with Crippen LogP contribution in [-0.2, 0) is 14.3 Å². The van der Waals surface area contributed by atoms with Crippen LogP contribution in [0.1, 0.15) is 22.8 Å². The molecule has 3 rings (SSSR count). The zero-order valence-electron chi connectivity index (χ0n) is 14.9. The first-order chi connectivity index (χ1) is 13.4. The molecule has 28 heavy (non-hydrogen) atoms. The number of esters is 1. The minimum Gasteiger partial charge on any atom is -0.454 e. The van der Waals surface area contributed by atoms with Gasteiger partial charge in [0, 0.05) is 18.7 Å². The van der Waals surface area contributed by atoms with Crippen LogP contribution < -0.4 is 14.8 Å². The Morgan fingerprint density at radius 1 is 1.14 bits per heavy atom. The minimum atomic E-state index is -0.816. The van der Waals surface area contributed by atoms with Crippen molar-refractivity contribution in [1.29, 1.82) is 0 Å². The molecule has 7 nitrogen and oxygen atoms in total. The molecule has 2 aromatic rings. The molecule has 0 saturated heterocycles. The zero-order valence-corrected chi connectivity index (χ0v) is 14.9. The molecule has 0 saturated carbocycles. The van der Waals surface area contributed by atoms with Crippen LogP contribution in [0.2, 0.25) is 0 Å². The monoisotopic (exact) mass is 385 g/mol. The highest BCUT2D eigenvalue weighted by atomic mass is 19.1. The normalized spacial score (nSPS) is 12.1. The van der Waals surface area contributed by atoms with E-state index >= 15 is 0 Å². The van der Waals surface area contributed by atoms with E-state index in [1.165, 1.54) is 25.1 Å². The van der Waals surface area contributed by atoms with Crippen LogP contribution in [0.5, 0.6) is 11.5 Å². The number of nitrogens with one attached hydrogen (secondary N) is 1. The first-order valence-corrected chi connectivity index (χ1v) is 8.27. The Morgan fingerprint density at radius 2 is 1.93 bits per heavy atom. The van der Waals surface area contributed by atoms with Gasteiger partial charge < -0.3 is 19.5 Å². The first-order valence-electron chi connectivity index (χ1n) is 8.27. The quantitative estimate of drug-likeness (QED) is 0.467. The molecule has 1 aliphatic rings. The summed E-state index contributed by atoms with van der Waals surface area (Å²) in [5.41, 5.74) is 0.680. The summed E-state index contributed by atoms with van der Waals surface area (Å²) in [5, 5.41) is 2.41. The summed E-state index contributed by atoms with van der Waals surface area (Å²) in [7, 11) is 0. The lowest BCUT2D eigenvalue weighted by atomic mass is 10.1. The van der Waals surface area contributed by atoms with Crippen molar-refractivity contribution < 1.29 is 33.0 Å². The van der Waals surface area contributed by atoms with E-state index in [2.05, 4.69) is 5.32 Å². The molecule has 0 bridgehead atoms. The van der Waals surface area contributed by atoms with Gasteiger partial charge in [-0.15, -0.1) is 0 Å². The lowest BCUT2D eigenvalue weighted by Gasteiger charge is -2.06. The minimum absolute atomic E-state index is 0.148. The Balaban J connectivity index is 1.55. The number of benzene rings is 2. The summed E-state index contributed by atoms with van der Waals surface area (Å²) in [6.45, 7) is 0.823. The van der Waals surface area contributed by atoms with Crippen LogP contribution in [-0.4, -0.2) is 31.1 Å². The maximum absolute atomic E-state index is 14.0. The summed E-state index contributed by atoms with van der Waals surface area (Å²) >= 11 is 0. The molecule has 1 amide bonds. The van der Waals surface area contributed by atoms with Crippen molar-refractivity contribution in [2.45, 2.75) is 6.92 Å². The van der Waals surface area contributed by atoms with Crippen molar-refractivity contribution in [1.82, 2.24) is 0 Å². The van der Waals surface area contributed by atoms with Crippen LogP contribution in [0.15, 0.2) is 42.5 Å². The van der Waals surface area contributed by atoms with E-state index < -0.39 is 24.2 Å². The summed E-state index contributed by atoms with van der Waals surface area (Å²) in [4.78, 5) is 34.8. The van der Waals surface area contributed by atoms with Gasteiger partial charge in [0.05, 0.1) is 5.56 Å². The van der Waals surface area contributed by atoms with E-state index in [0.29, 0.717) is 17.1 Å². The molecular weight excluding hydrogens is 369 g/mol. The van der Waals surface area contributed by atoms with Gasteiger partial charge >= 0.3 is 5.97 Å².